The number of hydrogen-bond donors (Lipinski definition) is 3. The summed E-state index contributed by atoms with van der Waals surface area (Å²) >= 11 is 0. The van der Waals surface area contributed by atoms with Gasteiger partial charge >= 0.3 is 12.1 Å². The highest BCUT2D eigenvalue weighted by Crippen LogP contribution is 2.30. The zero-order valence-corrected chi connectivity index (χ0v) is 11.9. The third kappa shape index (κ3) is 4.87. The van der Waals surface area contributed by atoms with E-state index in [-0.39, 0.29) is 6.04 Å². The number of nitrogens with one attached hydrogen (secondary N) is 2. The van der Waals surface area contributed by atoms with E-state index in [0.29, 0.717) is 6.92 Å². The second-order valence-electron chi connectivity index (χ2n) is 5.54. The third-order valence-corrected chi connectivity index (χ3v) is 3.82. The van der Waals surface area contributed by atoms with Crippen LogP contribution in [0, 0.1) is 0 Å². The number of amides is 1. The van der Waals surface area contributed by atoms with Crippen LogP contribution < -0.4 is 10.6 Å². The van der Waals surface area contributed by atoms with Gasteiger partial charge in [-0.1, -0.05) is 25.7 Å². The van der Waals surface area contributed by atoms with Crippen LogP contribution in [0.25, 0.3) is 0 Å². The van der Waals surface area contributed by atoms with Gasteiger partial charge in [-0.3, -0.25) is 10.1 Å². The smallest absolute Gasteiger partial charge is 0.417 e. The number of carbonyl (C=O) groups is 2. The summed E-state index contributed by atoms with van der Waals surface area (Å²) in [6.07, 6.45) is 0.775. The van der Waals surface area contributed by atoms with Gasteiger partial charge in [-0.05, 0) is 19.8 Å². The molecule has 1 unspecified atom stereocenters. The summed E-state index contributed by atoms with van der Waals surface area (Å²) in [6.45, 7) is -0.174. The van der Waals surface area contributed by atoms with Crippen molar-refractivity contribution < 1.29 is 27.9 Å². The molecule has 1 fully saturated rings. The molecule has 1 rings (SSSR count). The molecule has 0 radical (unpaired) electrons. The molecule has 0 aliphatic heterocycles. The Labute approximate surface area is 121 Å². The lowest BCUT2D eigenvalue weighted by Crippen LogP contribution is -2.62. The highest BCUT2D eigenvalue weighted by Gasteiger charge is 2.57. The van der Waals surface area contributed by atoms with Gasteiger partial charge in [0.05, 0.1) is 6.54 Å². The zero-order valence-electron chi connectivity index (χ0n) is 11.9. The Kier molecular flexibility index (Phi) is 6.00. The SMILES string of the molecule is CC(NCC(=O)NC1CCCCCC1)(C(=O)O)C(F)(F)F. The first-order valence-electron chi connectivity index (χ1n) is 7.01. The predicted octanol–water partition coefficient (Wildman–Crippen LogP) is 1.82. The lowest BCUT2D eigenvalue weighted by molar-refractivity contribution is -0.205. The molecule has 1 aliphatic rings. The molecule has 0 saturated heterocycles. The minimum absolute atomic E-state index is 0.0382. The summed E-state index contributed by atoms with van der Waals surface area (Å²) < 4.78 is 38.2. The van der Waals surface area contributed by atoms with Crippen molar-refractivity contribution in [2.45, 2.75) is 63.2 Å². The monoisotopic (exact) mass is 310 g/mol. The fourth-order valence-corrected chi connectivity index (χ4v) is 2.26. The van der Waals surface area contributed by atoms with Crippen molar-refractivity contribution >= 4 is 11.9 Å². The van der Waals surface area contributed by atoms with Gasteiger partial charge in [0, 0.05) is 6.04 Å². The van der Waals surface area contributed by atoms with E-state index in [1.807, 2.05) is 0 Å². The van der Waals surface area contributed by atoms with Crippen molar-refractivity contribution in [2.24, 2.45) is 0 Å². The van der Waals surface area contributed by atoms with E-state index in [0.717, 1.165) is 38.5 Å². The van der Waals surface area contributed by atoms with E-state index in [9.17, 15) is 22.8 Å². The van der Waals surface area contributed by atoms with Gasteiger partial charge in [-0.25, -0.2) is 4.79 Å². The van der Waals surface area contributed by atoms with Crippen LogP contribution in [0.4, 0.5) is 13.2 Å². The second kappa shape index (κ2) is 7.11. The molecule has 0 aromatic rings. The third-order valence-electron chi connectivity index (χ3n) is 3.82. The van der Waals surface area contributed by atoms with Crippen molar-refractivity contribution in [3.8, 4) is 0 Å². The minimum Gasteiger partial charge on any atom is -0.480 e. The van der Waals surface area contributed by atoms with Gasteiger partial charge in [0.1, 0.15) is 0 Å². The molecule has 122 valence electrons. The van der Waals surface area contributed by atoms with Crippen LogP contribution >= 0.6 is 0 Å². The molecule has 8 heteroatoms. The van der Waals surface area contributed by atoms with Crippen molar-refractivity contribution in [1.82, 2.24) is 10.6 Å². The van der Waals surface area contributed by atoms with Crippen molar-refractivity contribution in [1.29, 1.82) is 0 Å². The van der Waals surface area contributed by atoms with Crippen molar-refractivity contribution in [3.05, 3.63) is 0 Å². The molecule has 0 aromatic carbocycles. The van der Waals surface area contributed by atoms with E-state index in [1.54, 1.807) is 5.32 Å². The fraction of sp³-hybridized carbons (Fsp3) is 0.846. The first-order chi connectivity index (χ1) is 9.67. The molecule has 1 amide bonds. The van der Waals surface area contributed by atoms with Crippen LogP contribution in [0.2, 0.25) is 0 Å². The average molecular weight is 310 g/mol. The van der Waals surface area contributed by atoms with Crippen LogP contribution in [0.15, 0.2) is 0 Å². The van der Waals surface area contributed by atoms with Gasteiger partial charge in [0.15, 0.2) is 0 Å². The maximum atomic E-state index is 12.7. The first-order valence-corrected chi connectivity index (χ1v) is 7.01. The van der Waals surface area contributed by atoms with E-state index in [4.69, 9.17) is 5.11 Å². The molecule has 1 saturated carbocycles. The lowest BCUT2D eigenvalue weighted by atomic mass is 10.0. The van der Waals surface area contributed by atoms with Gasteiger partial charge in [-0.2, -0.15) is 13.2 Å². The lowest BCUT2D eigenvalue weighted by Gasteiger charge is -2.28. The molecule has 5 nitrogen and oxygen atoms in total. The van der Waals surface area contributed by atoms with Crippen LogP contribution in [0.3, 0.4) is 0 Å². The Bertz CT molecular complexity index is 379. The van der Waals surface area contributed by atoms with Crippen LogP contribution in [0.5, 0.6) is 0 Å². The quantitative estimate of drug-likeness (QED) is 0.677. The summed E-state index contributed by atoms with van der Waals surface area (Å²) in [5.41, 5.74) is -3.13. The Morgan fingerprint density at radius 1 is 1.14 bits per heavy atom. The summed E-state index contributed by atoms with van der Waals surface area (Å²) in [5.74, 6) is -2.67. The summed E-state index contributed by atoms with van der Waals surface area (Å²) in [4.78, 5) is 22.5. The Morgan fingerprint density at radius 3 is 2.10 bits per heavy atom. The van der Waals surface area contributed by atoms with Crippen LogP contribution in [-0.2, 0) is 9.59 Å². The standard InChI is InChI=1S/C13H21F3N2O3/c1-12(11(20)21,13(14,15)16)17-8-10(19)18-9-6-4-2-3-5-7-9/h9,17H,2-8H2,1H3,(H,18,19)(H,20,21). The summed E-state index contributed by atoms with van der Waals surface area (Å²) in [5, 5.41) is 13.2. The van der Waals surface area contributed by atoms with Gasteiger partial charge in [0.25, 0.3) is 0 Å². The number of aliphatic carboxylic acids is 1. The van der Waals surface area contributed by atoms with Gasteiger partial charge in [0.2, 0.25) is 11.4 Å². The highest BCUT2D eigenvalue weighted by atomic mass is 19.4. The summed E-state index contributed by atoms with van der Waals surface area (Å²) in [7, 11) is 0. The number of alkyl halides is 3. The zero-order chi connectivity index (χ0) is 16.1. The van der Waals surface area contributed by atoms with Crippen LogP contribution in [-0.4, -0.2) is 41.3 Å². The normalized spacial score (nSPS) is 20.4. The Hall–Kier alpha value is -1.31. The molecular formula is C13H21F3N2O3. The molecule has 21 heavy (non-hydrogen) atoms. The van der Waals surface area contributed by atoms with Gasteiger partial charge in [-0.15, -0.1) is 0 Å². The molecule has 0 spiro atoms. The van der Waals surface area contributed by atoms with Gasteiger partial charge < -0.3 is 10.4 Å². The van der Waals surface area contributed by atoms with E-state index < -0.39 is 30.1 Å². The maximum Gasteiger partial charge on any atom is 0.417 e. The molecule has 1 aliphatic carbocycles. The molecule has 3 N–H and O–H groups in total. The number of halogens is 3. The van der Waals surface area contributed by atoms with E-state index in [2.05, 4.69) is 5.32 Å². The topological polar surface area (TPSA) is 78.4 Å². The molecule has 0 aromatic heterocycles. The second-order valence-corrected chi connectivity index (χ2v) is 5.54. The maximum absolute atomic E-state index is 12.7. The van der Waals surface area contributed by atoms with E-state index in [1.165, 1.54) is 0 Å². The minimum atomic E-state index is -4.98. The Balaban J connectivity index is 2.52. The summed E-state index contributed by atoms with van der Waals surface area (Å²) in [6, 6.07) is -0.0382. The largest absolute Gasteiger partial charge is 0.480 e. The number of rotatable bonds is 5. The van der Waals surface area contributed by atoms with Crippen molar-refractivity contribution in [2.75, 3.05) is 6.54 Å². The molecule has 1 atom stereocenters. The highest BCUT2D eigenvalue weighted by molar-refractivity contribution is 5.82. The van der Waals surface area contributed by atoms with E-state index >= 15 is 0 Å². The number of carboxylic acid groups (broad SMARTS) is 1. The molecule has 0 bridgehead atoms. The fourth-order valence-electron chi connectivity index (χ4n) is 2.26. The average Bonchev–Trinajstić information content (AvgIpc) is 2.62. The predicted molar refractivity (Wildman–Crippen MR) is 69.7 cm³/mol. The molecule has 0 heterocycles. The number of hydrogen-bond acceptors (Lipinski definition) is 3. The van der Waals surface area contributed by atoms with Crippen LogP contribution in [0.1, 0.15) is 45.4 Å². The van der Waals surface area contributed by atoms with Crippen molar-refractivity contribution in [3.63, 3.8) is 0 Å². The Morgan fingerprint density at radius 2 is 1.67 bits per heavy atom. The molecular weight excluding hydrogens is 289 g/mol. The first kappa shape index (κ1) is 17.7. The number of carboxylic acids is 1. The number of carbonyl (C=O) groups excluding carboxylic acids is 1.